The predicted octanol–water partition coefficient (Wildman–Crippen LogP) is 38.9. The third kappa shape index (κ3) is 19.5. The molecule has 29 rings (SSSR count). The number of hydrogen-bond donors (Lipinski definition) is 0. The summed E-state index contributed by atoms with van der Waals surface area (Å²) in [5, 5.41) is 19.8. The van der Waals surface area contributed by atoms with E-state index in [-0.39, 0.29) is 40.7 Å². The summed E-state index contributed by atoms with van der Waals surface area (Å²) in [4.78, 5) is 0. The van der Waals surface area contributed by atoms with E-state index >= 15 is 0 Å². The maximum absolute atomic E-state index is 6.38. The van der Waals surface area contributed by atoms with Crippen molar-refractivity contribution in [1.29, 1.82) is 0 Å². The van der Waals surface area contributed by atoms with Gasteiger partial charge in [0.2, 0.25) is 0 Å². The first kappa shape index (κ1) is 101. The first-order valence-corrected chi connectivity index (χ1v) is 57.4. The van der Waals surface area contributed by atoms with Crippen LogP contribution in [0.2, 0.25) is 10.0 Å². The van der Waals surface area contributed by atoms with Gasteiger partial charge in [-0.1, -0.05) is 277 Å². The van der Waals surface area contributed by atoms with Gasteiger partial charge in [-0.05, 0) is 333 Å². The number of fused-ring (bicyclic) bond motifs is 24. The van der Waals surface area contributed by atoms with Crippen molar-refractivity contribution in [3.63, 3.8) is 0 Å². The molecule has 0 radical (unpaired) electrons. The van der Waals surface area contributed by atoms with Gasteiger partial charge in [0, 0.05) is 157 Å². The Hall–Kier alpha value is -11.1. The molecular formula is C127H102B3Br3Cl2IN3O6S4. The minimum atomic E-state index is -0.476. The number of benzene rings is 18. The standard InChI is InChI=1S/C30H26BNO2S.C30H18ClNS.C24H14BrNS.C13H9Br.C12H24B2O4.C12H7IS.C6H4BrCl/c1-29(2)30(3,4)34-31(33-29)19-13-15-22-21-9-5-7-11-25(21)32(26(22)17-19)20-14-16-28-24(18-20)23-10-6-8-12-27(23)35-28;31-21-7-5-6-19(16-21)20-12-14-24-23-8-1-3-10-27(23)32(28(24)17-20)22-13-15-30-26(18-22)25-9-2-4-11-29(25)33-30;25-15-9-11-18-17-5-1-3-7-21(17)26(22(18)13-15)16-10-12-24-20(14-16)19-6-2-4-8-23(19)27-24;14-11-5-6-13-10(8-11)7-9-3-1-2-4-12(9)13;1-9(2)10(3,4)16-13(15-9)14-17-11(5,6)12(7,8)18-14;13-8-5-6-12-10(7-8)9-3-1-2-4-11(9)14-12;7-5-2-1-3-6(8)4-5/h5-18H,1-4H3;1-18H;1-14H;1-6,8H,7H2;1-8H3;1-7H;1-4H. The molecule has 0 N–H and O–H groups in total. The first-order valence-electron chi connectivity index (χ1n) is 49.9. The normalized spacial score (nSPS) is 15.4. The third-order valence-corrected chi connectivity index (χ3v) is 37.4. The molecule has 18 aromatic carbocycles. The van der Waals surface area contributed by atoms with Crippen LogP contribution >= 0.6 is 139 Å². The van der Waals surface area contributed by atoms with Gasteiger partial charge in [-0.15, -0.1) is 45.3 Å². The largest absolute Gasteiger partial charge is 0.494 e. The van der Waals surface area contributed by atoms with Crippen LogP contribution in [0.15, 0.2) is 402 Å². The van der Waals surface area contributed by atoms with Crippen LogP contribution in [0, 0.1) is 3.57 Å². The average molecular weight is 2360 g/mol. The van der Waals surface area contributed by atoms with Crippen LogP contribution in [0.4, 0.5) is 0 Å². The van der Waals surface area contributed by atoms with E-state index in [1.807, 2.05) is 143 Å². The molecule has 0 unspecified atom stereocenters. The smallest absolute Gasteiger partial charge is 0.405 e. The predicted molar refractivity (Wildman–Crippen MR) is 661 cm³/mol. The minimum absolute atomic E-state index is 0.360. The fourth-order valence-corrected chi connectivity index (χ4v) is 27.0. The lowest BCUT2D eigenvalue weighted by atomic mass is 9.49. The van der Waals surface area contributed by atoms with Crippen LogP contribution in [0.25, 0.3) is 185 Å². The number of aromatic nitrogens is 3. The van der Waals surface area contributed by atoms with Gasteiger partial charge in [-0.3, -0.25) is 0 Å². The van der Waals surface area contributed by atoms with Crippen molar-refractivity contribution < 1.29 is 27.9 Å². The summed E-state index contributed by atoms with van der Waals surface area (Å²) in [7, 11) is -1.34. The molecule has 22 heteroatoms. The summed E-state index contributed by atoms with van der Waals surface area (Å²) in [6.07, 6.45) is 1.07. The van der Waals surface area contributed by atoms with Crippen molar-refractivity contribution in [3.05, 3.63) is 426 Å². The number of halogens is 6. The zero-order valence-electron chi connectivity index (χ0n) is 84.1. The number of rotatable bonds is 6. The summed E-state index contributed by atoms with van der Waals surface area (Å²) < 4.78 is 59.1. The Morgan fingerprint density at radius 2 is 0.577 bits per heavy atom. The molecule has 0 saturated carbocycles. The molecule has 25 aromatic rings. The molecule has 149 heavy (non-hydrogen) atoms. The molecule has 9 nitrogen and oxygen atoms in total. The molecule has 10 heterocycles. The Morgan fingerprint density at radius 3 is 1.02 bits per heavy atom. The summed E-state index contributed by atoms with van der Waals surface area (Å²) in [6.45, 7) is 24.6. The molecule has 1 aliphatic carbocycles. The van der Waals surface area contributed by atoms with Crippen molar-refractivity contribution in [2.75, 3.05) is 0 Å². The summed E-state index contributed by atoms with van der Waals surface area (Å²) in [6, 6.07) is 138. The lowest BCUT2D eigenvalue weighted by Crippen LogP contribution is -2.41. The van der Waals surface area contributed by atoms with Gasteiger partial charge in [0.05, 0.1) is 66.7 Å². The topological polar surface area (TPSA) is 70.2 Å². The highest BCUT2D eigenvalue weighted by atomic mass is 127. The van der Waals surface area contributed by atoms with Crippen LogP contribution in [0.3, 0.4) is 0 Å². The molecule has 3 aliphatic heterocycles. The van der Waals surface area contributed by atoms with Crippen LogP contribution in [0.5, 0.6) is 0 Å². The van der Waals surface area contributed by atoms with E-state index in [2.05, 4.69) is 458 Å². The van der Waals surface area contributed by atoms with Gasteiger partial charge in [0.15, 0.2) is 0 Å². The molecule has 0 spiro atoms. The quantitative estimate of drug-likeness (QED) is 0.122. The number of nitrogens with zero attached hydrogens (tertiary/aromatic N) is 3. The molecule has 736 valence electrons. The molecule has 0 amide bonds. The van der Waals surface area contributed by atoms with Gasteiger partial charge in [0.1, 0.15) is 0 Å². The van der Waals surface area contributed by atoms with Gasteiger partial charge < -0.3 is 41.6 Å². The highest BCUT2D eigenvalue weighted by Crippen LogP contribution is 2.49. The summed E-state index contributed by atoms with van der Waals surface area (Å²) >= 11 is 32.1. The molecule has 3 fully saturated rings. The van der Waals surface area contributed by atoms with Crippen molar-refractivity contribution in [2.24, 2.45) is 0 Å². The summed E-state index contributed by atoms with van der Waals surface area (Å²) in [5.41, 5.74) is 17.6. The van der Waals surface area contributed by atoms with Crippen LogP contribution in [0.1, 0.15) is 94.2 Å². The number of para-hydroxylation sites is 3. The molecule has 4 aliphatic rings. The molecule has 3 saturated heterocycles. The molecule has 7 aromatic heterocycles. The fourth-order valence-electron chi connectivity index (χ4n) is 20.5. The van der Waals surface area contributed by atoms with Crippen LogP contribution < -0.4 is 5.46 Å². The second-order valence-corrected chi connectivity index (χ2v) is 50.4. The first-order chi connectivity index (χ1) is 71.7. The van der Waals surface area contributed by atoms with E-state index < -0.39 is 14.0 Å². The molecule has 0 atom stereocenters. The minimum Gasteiger partial charge on any atom is -0.405 e. The van der Waals surface area contributed by atoms with E-state index in [0.717, 1.165) is 47.5 Å². The van der Waals surface area contributed by atoms with E-state index in [0.29, 0.717) is 0 Å². The third-order valence-electron chi connectivity index (χ3n) is 30.2. The van der Waals surface area contributed by atoms with Crippen molar-refractivity contribution in [3.8, 4) is 39.3 Å². The Balaban J connectivity index is 0.0000000995. The van der Waals surface area contributed by atoms with Crippen molar-refractivity contribution in [1.82, 2.24) is 13.7 Å². The maximum Gasteiger partial charge on any atom is 0.494 e. The monoisotopic (exact) mass is 2360 g/mol. The SMILES string of the molecule is Brc1ccc2c(c1)Cc1ccccc1-2.Brc1ccc2c3ccccc3n(-c3ccc4sc5ccccc5c4c3)c2c1.CC1(C)OB(B2OC(C)(C)C(C)(C)O2)OC1(C)C.CC1(C)OB(c2ccc3c4ccccc4n(-c4ccc5sc6ccccc6c5c4)c3c2)OC1(C)C.Clc1cccc(-c2ccc3c4ccccc4n(-c4ccc5sc6ccccc6c5c4)c3c2)c1.Clc1cccc(Br)c1.Ic1ccc2sc3ccccc3c2c1. The zero-order chi connectivity index (χ0) is 103. The van der Waals surface area contributed by atoms with E-state index in [9.17, 15) is 0 Å². The second kappa shape index (κ2) is 40.5. The maximum atomic E-state index is 6.38. The Labute approximate surface area is 932 Å². The van der Waals surface area contributed by atoms with Gasteiger partial charge in [-0.2, -0.15) is 0 Å². The van der Waals surface area contributed by atoms with E-state index in [4.69, 9.17) is 51.1 Å². The lowest BCUT2D eigenvalue weighted by Gasteiger charge is -2.32. The van der Waals surface area contributed by atoms with Crippen molar-refractivity contribution >= 4 is 312 Å². The highest BCUT2D eigenvalue weighted by molar-refractivity contribution is 14.1. The van der Waals surface area contributed by atoms with Gasteiger partial charge in [-0.25, -0.2) is 0 Å². The van der Waals surface area contributed by atoms with Crippen LogP contribution in [-0.4, -0.2) is 68.4 Å². The Kier molecular flexibility index (Phi) is 27.5. The van der Waals surface area contributed by atoms with E-state index in [1.165, 1.54) is 188 Å². The van der Waals surface area contributed by atoms with E-state index in [1.54, 1.807) is 0 Å². The lowest BCUT2D eigenvalue weighted by molar-refractivity contribution is 0.00578. The Morgan fingerprint density at radius 1 is 0.248 bits per heavy atom. The van der Waals surface area contributed by atoms with Gasteiger partial charge >= 0.3 is 21.1 Å². The number of thiophene rings is 4. The fraction of sp³-hybridized carbons (Fsp3) is 0.150. The Bertz CT molecular complexity index is 9460. The second-order valence-electron chi connectivity index (χ2n) is 41.2. The molecular weight excluding hydrogens is 2260 g/mol. The molecule has 0 bridgehead atoms. The average Bonchev–Trinajstić information content (AvgIpc) is 2.14. The van der Waals surface area contributed by atoms with Crippen LogP contribution in [-0.2, 0) is 34.3 Å². The van der Waals surface area contributed by atoms with Crippen molar-refractivity contribution in [2.45, 2.75) is 123 Å². The highest BCUT2D eigenvalue weighted by Gasteiger charge is 2.64. The number of hydrogen-bond acceptors (Lipinski definition) is 10. The summed E-state index contributed by atoms with van der Waals surface area (Å²) in [5.74, 6) is 0. The zero-order valence-corrected chi connectivity index (χ0v) is 95.8. The van der Waals surface area contributed by atoms with Gasteiger partial charge in [0.25, 0.3) is 0 Å².